The number of benzene rings is 11. The smallest absolute Gasteiger partial charge is 0.0541 e. The van der Waals surface area contributed by atoms with Crippen molar-refractivity contribution < 1.29 is 0 Å². The lowest BCUT2D eigenvalue weighted by molar-refractivity contribution is 0.660. The van der Waals surface area contributed by atoms with Crippen molar-refractivity contribution in [2.75, 3.05) is 4.90 Å². The van der Waals surface area contributed by atoms with Crippen LogP contribution in [0.3, 0.4) is 0 Å². The van der Waals surface area contributed by atoms with Crippen LogP contribution in [-0.2, 0) is 5.41 Å². The van der Waals surface area contributed by atoms with Crippen molar-refractivity contribution >= 4 is 60.4 Å². The van der Waals surface area contributed by atoms with E-state index in [2.05, 4.69) is 266 Å². The molecule has 0 bridgehead atoms. The number of hydrogen-bond acceptors (Lipinski definition) is 1. The van der Waals surface area contributed by atoms with Gasteiger partial charge in [-0.15, -0.1) is 0 Å². The average Bonchev–Trinajstić information content (AvgIpc) is 3.84. The largest absolute Gasteiger partial charge is 0.310 e. The molecule has 13 rings (SSSR count). The molecule has 0 saturated heterocycles. The molecule has 0 amide bonds. The molecule has 1 aliphatic carbocycles. The first-order valence-electron chi connectivity index (χ1n) is 23.3. The lowest BCUT2D eigenvalue weighted by Gasteiger charge is -2.30. The van der Waals surface area contributed by atoms with Gasteiger partial charge in [0.2, 0.25) is 0 Å². The molecular weight excluding hydrogens is 809 g/mol. The van der Waals surface area contributed by atoms with E-state index >= 15 is 0 Å². The van der Waals surface area contributed by atoms with Crippen molar-refractivity contribution in [1.82, 2.24) is 4.57 Å². The molecule has 2 nitrogen and oxygen atoms in total. The molecule has 2 heteroatoms. The third-order valence-electron chi connectivity index (χ3n) is 14.4. The molecule has 11 aromatic carbocycles. The van der Waals surface area contributed by atoms with E-state index in [1.54, 1.807) is 0 Å². The Morgan fingerprint density at radius 3 is 1.64 bits per heavy atom. The summed E-state index contributed by atoms with van der Waals surface area (Å²) in [5.74, 6) is 0. The number of anilines is 3. The van der Waals surface area contributed by atoms with E-state index in [0.29, 0.717) is 0 Å². The molecule has 1 heterocycles. The Kier molecular flexibility index (Phi) is 8.91. The normalized spacial score (nSPS) is 12.7. The Balaban J connectivity index is 1.09. The molecule has 67 heavy (non-hydrogen) atoms. The quantitative estimate of drug-likeness (QED) is 0.145. The summed E-state index contributed by atoms with van der Waals surface area (Å²) < 4.78 is 2.45. The van der Waals surface area contributed by atoms with Gasteiger partial charge in [-0.2, -0.15) is 0 Å². The topological polar surface area (TPSA) is 8.17 Å². The van der Waals surface area contributed by atoms with Gasteiger partial charge in [-0.25, -0.2) is 0 Å². The minimum absolute atomic E-state index is 0.164. The van der Waals surface area contributed by atoms with Crippen LogP contribution in [0, 0.1) is 0 Å². The summed E-state index contributed by atoms with van der Waals surface area (Å²) >= 11 is 0. The minimum Gasteiger partial charge on any atom is -0.310 e. The van der Waals surface area contributed by atoms with Gasteiger partial charge in [-0.05, 0) is 127 Å². The van der Waals surface area contributed by atoms with Crippen molar-refractivity contribution in [2.24, 2.45) is 0 Å². The van der Waals surface area contributed by atoms with Crippen molar-refractivity contribution in [3.8, 4) is 50.2 Å². The Hall–Kier alpha value is -8.46. The van der Waals surface area contributed by atoms with E-state index in [4.69, 9.17) is 0 Å². The zero-order valence-corrected chi connectivity index (χ0v) is 37.5. The zero-order valence-electron chi connectivity index (χ0n) is 37.5. The first-order valence-corrected chi connectivity index (χ1v) is 23.3. The van der Waals surface area contributed by atoms with Crippen LogP contribution in [0.4, 0.5) is 17.1 Å². The van der Waals surface area contributed by atoms with Crippen LogP contribution in [0.1, 0.15) is 25.0 Å². The molecule has 0 radical (unpaired) electrons. The molecule has 0 N–H and O–H groups in total. The van der Waals surface area contributed by atoms with E-state index in [1.807, 2.05) is 0 Å². The van der Waals surface area contributed by atoms with E-state index in [-0.39, 0.29) is 5.41 Å². The Labute approximate surface area is 391 Å². The van der Waals surface area contributed by atoms with Crippen LogP contribution < -0.4 is 4.90 Å². The lowest BCUT2D eigenvalue weighted by Crippen LogP contribution is -2.17. The van der Waals surface area contributed by atoms with E-state index < -0.39 is 0 Å². The van der Waals surface area contributed by atoms with Crippen molar-refractivity contribution in [2.45, 2.75) is 19.3 Å². The van der Waals surface area contributed by atoms with Gasteiger partial charge < -0.3 is 9.47 Å². The highest BCUT2D eigenvalue weighted by Crippen LogP contribution is 2.52. The Morgan fingerprint density at radius 2 is 0.881 bits per heavy atom. The summed E-state index contributed by atoms with van der Waals surface area (Å²) in [5, 5.41) is 7.44. The van der Waals surface area contributed by atoms with Crippen LogP contribution >= 0.6 is 0 Å². The fraction of sp³-hybridized carbons (Fsp3) is 0.0462. The highest BCUT2D eigenvalue weighted by molar-refractivity contribution is 6.15. The van der Waals surface area contributed by atoms with Gasteiger partial charge in [0.25, 0.3) is 0 Å². The van der Waals surface area contributed by atoms with Crippen LogP contribution in [0.5, 0.6) is 0 Å². The molecular formula is C65H46N2. The summed E-state index contributed by atoms with van der Waals surface area (Å²) in [6.45, 7) is 4.74. The first kappa shape index (κ1) is 39.0. The van der Waals surface area contributed by atoms with Crippen LogP contribution in [-0.4, -0.2) is 4.57 Å². The lowest BCUT2D eigenvalue weighted by atomic mass is 9.82. The summed E-state index contributed by atoms with van der Waals surface area (Å²) in [6.07, 6.45) is 0. The Morgan fingerprint density at radius 1 is 0.328 bits per heavy atom. The van der Waals surface area contributed by atoms with Crippen LogP contribution in [0.25, 0.3) is 93.5 Å². The van der Waals surface area contributed by atoms with Gasteiger partial charge in [-0.1, -0.05) is 196 Å². The molecule has 1 aliphatic rings. The predicted octanol–water partition coefficient (Wildman–Crippen LogP) is 17.9. The zero-order chi connectivity index (χ0) is 44.6. The second-order valence-corrected chi connectivity index (χ2v) is 18.5. The van der Waals surface area contributed by atoms with E-state index in [0.717, 1.165) is 33.9 Å². The summed E-state index contributed by atoms with van der Waals surface area (Å²) in [5.41, 5.74) is 19.1. The van der Waals surface area contributed by atoms with Gasteiger partial charge in [0.1, 0.15) is 0 Å². The molecule has 0 atom stereocenters. The number of aromatic nitrogens is 1. The van der Waals surface area contributed by atoms with Crippen molar-refractivity contribution in [3.63, 3.8) is 0 Å². The molecule has 0 saturated carbocycles. The second-order valence-electron chi connectivity index (χ2n) is 18.5. The first-order chi connectivity index (χ1) is 33.0. The summed E-state index contributed by atoms with van der Waals surface area (Å²) in [6, 6.07) is 89.7. The van der Waals surface area contributed by atoms with Crippen LogP contribution in [0.15, 0.2) is 243 Å². The minimum atomic E-state index is -0.164. The third kappa shape index (κ3) is 6.18. The van der Waals surface area contributed by atoms with Crippen molar-refractivity contribution in [1.29, 1.82) is 0 Å². The molecule has 316 valence electrons. The molecule has 0 unspecified atom stereocenters. The number of hydrogen-bond donors (Lipinski definition) is 0. The number of rotatable bonds is 7. The number of nitrogens with zero attached hydrogens (tertiary/aromatic N) is 2. The summed E-state index contributed by atoms with van der Waals surface area (Å²) in [7, 11) is 0. The Bertz CT molecular complexity index is 3840. The summed E-state index contributed by atoms with van der Waals surface area (Å²) in [4.78, 5) is 2.50. The predicted molar refractivity (Wildman–Crippen MR) is 284 cm³/mol. The number of para-hydroxylation sites is 3. The molecule has 1 aromatic heterocycles. The molecule has 0 aliphatic heterocycles. The highest BCUT2D eigenvalue weighted by Gasteiger charge is 2.36. The molecule has 12 aromatic rings. The van der Waals surface area contributed by atoms with E-state index in [1.165, 1.54) is 87.9 Å². The van der Waals surface area contributed by atoms with E-state index in [9.17, 15) is 0 Å². The van der Waals surface area contributed by atoms with Gasteiger partial charge in [0.15, 0.2) is 0 Å². The fourth-order valence-electron chi connectivity index (χ4n) is 11.2. The highest BCUT2D eigenvalue weighted by atomic mass is 15.1. The average molecular weight is 855 g/mol. The fourth-order valence-corrected chi connectivity index (χ4v) is 11.2. The monoisotopic (exact) mass is 854 g/mol. The third-order valence-corrected chi connectivity index (χ3v) is 14.4. The van der Waals surface area contributed by atoms with Gasteiger partial charge in [-0.3, -0.25) is 0 Å². The SMILES string of the molecule is CC1(C)c2ccccc2-c2ccc(N(c3ccc(-c4ccccc4)cc3)c3ccc(-c4ccccc4-n4c5ccccc5c5ccccc54)cc3-c3cc4ccccc4c4ccccc34)cc21. The maximum absolute atomic E-state index is 2.50. The van der Waals surface area contributed by atoms with Crippen molar-refractivity contribution in [3.05, 3.63) is 254 Å². The second kappa shape index (κ2) is 15.3. The van der Waals surface area contributed by atoms with Gasteiger partial charge >= 0.3 is 0 Å². The van der Waals surface area contributed by atoms with Gasteiger partial charge in [0.05, 0.1) is 22.4 Å². The molecule has 0 fully saturated rings. The standard InChI is InChI=1S/C65H46N2/c1-65(2)59-28-14-10-25-53(59)54-38-37-48(42-60(54)65)66(47-35-32-44(33-36-47)43-18-4-3-5-19-43)64-39-34-46(41-58(64)57-40-45-20-6-7-21-49(45)51-23-8-9-24-52(51)57)50-22-11-15-29-61(50)67-62-30-16-12-26-55(62)56-27-13-17-31-63(56)67/h3-42H,1-2H3. The number of fused-ring (bicyclic) bond motifs is 9. The maximum atomic E-state index is 2.50. The maximum Gasteiger partial charge on any atom is 0.0541 e. The van der Waals surface area contributed by atoms with Gasteiger partial charge in [0, 0.05) is 38.7 Å². The molecule has 0 spiro atoms. The van der Waals surface area contributed by atoms with Crippen LogP contribution in [0.2, 0.25) is 0 Å².